The summed E-state index contributed by atoms with van der Waals surface area (Å²) in [4.78, 5) is 2.64. The van der Waals surface area contributed by atoms with E-state index in [4.69, 9.17) is 0 Å². The Balaban J connectivity index is 2.32. The molecule has 1 fully saturated rings. The Morgan fingerprint density at radius 1 is 1.36 bits per heavy atom. The Morgan fingerprint density at radius 2 is 2.14 bits per heavy atom. The van der Waals surface area contributed by atoms with E-state index in [1.54, 1.807) is 0 Å². The summed E-state index contributed by atoms with van der Waals surface area (Å²) in [6, 6.07) is 0.696. The largest absolute Gasteiger partial charge is 0.314 e. The molecule has 0 radical (unpaired) electrons. The number of hydrogen-bond acceptors (Lipinski definition) is 2. The zero-order chi connectivity index (χ0) is 10.4. The molecule has 2 heteroatoms. The zero-order valence-corrected chi connectivity index (χ0v) is 10.1. The van der Waals surface area contributed by atoms with Gasteiger partial charge in [0, 0.05) is 12.6 Å². The molecule has 1 N–H and O–H groups in total. The highest BCUT2D eigenvalue weighted by atomic mass is 15.1. The summed E-state index contributed by atoms with van der Waals surface area (Å²) in [5.41, 5.74) is 0. The number of hydrogen-bond donors (Lipinski definition) is 1. The highest BCUT2D eigenvalue weighted by Gasteiger charge is 2.15. The lowest BCUT2D eigenvalue weighted by molar-refractivity contribution is 0.199. The smallest absolute Gasteiger partial charge is 0.00510 e. The van der Waals surface area contributed by atoms with Crippen LogP contribution in [0.2, 0.25) is 0 Å². The molecule has 2 nitrogen and oxygen atoms in total. The van der Waals surface area contributed by atoms with E-state index in [-0.39, 0.29) is 0 Å². The van der Waals surface area contributed by atoms with Gasteiger partial charge in [-0.25, -0.2) is 0 Å². The first-order chi connectivity index (χ1) is 6.72. The van der Waals surface area contributed by atoms with Crippen LogP contribution in [0.5, 0.6) is 0 Å². The van der Waals surface area contributed by atoms with E-state index in [2.05, 4.69) is 31.0 Å². The highest BCUT2D eigenvalue weighted by Crippen LogP contribution is 2.07. The number of unbranched alkanes of at least 4 members (excludes halogenated alkanes) is 1. The molecule has 0 aromatic rings. The van der Waals surface area contributed by atoms with Gasteiger partial charge in [-0.15, -0.1) is 0 Å². The van der Waals surface area contributed by atoms with Crippen molar-refractivity contribution in [2.24, 2.45) is 5.92 Å². The minimum atomic E-state index is 0.696. The van der Waals surface area contributed by atoms with Crippen LogP contribution in [0.25, 0.3) is 0 Å². The first kappa shape index (κ1) is 12.0. The monoisotopic (exact) mass is 198 g/mol. The molecule has 0 saturated carbocycles. The molecule has 1 heterocycles. The van der Waals surface area contributed by atoms with Crippen LogP contribution in [0.1, 0.15) is 40.0 Å². The lowest BCUT2D eigenvalue weighted by Crippen LogP contribution is -2.42. The van der Waals surface area contributed by atoms with Crippen molar-refractivity contribution in [1.82, 2.24) is 10.2 Å². The highest BCUT2D eigenvalue weighted by molar-refractivity contribution is 4.73. The van der Waals surface area contributed by atoms with Crippen LogP contribution in [-0.4, -0.2) is 37.1 Å². The fourth-order valence-electron chi connectivity index (χ4n) is 2.06. The first-order valence-corrected chi connectivity index (χ1v) is 6.18. The maximum absolute atomic E-state index is 3.58. The fraction of sp³-hybridized carbons (Fsp3) is 1.00. The molecule has 0 aromatic heterocycles. The summed E-state index contributed by atoms with van der Waals surface area (Å²) >= 11 is 0. The van der Waals surface area contributed by atoms with Crippen LogP contribution in [0, 0.1) is 5.92 Å². The van der Waals surface area contributed by atoms with Gasteiger partial charge in [0.15, 0.2) is 0 Å². The summed E-state index contributed by atoms with van der Waals surface area (Å²) in [6.07, 6.45) is 3.98. The zero-order valence-electron chi connectivity index (χ0n) is 10.1. The van der Waals surface area contributed by atoms with Crippen molar-refractivity contribution in [3.05, 3.63) is 0 Å². The Labute approximate surface area is 89.1 Å². The van der Waals surface area contributed by atoms with Crippen molar-refractivity contribution in [3.63, 3.8) is 0 Å². The van der Waals surface area contributed by atoms with Gasteiger partial charge in [-0.3, -0.25) is 0 Å². The molecule has 1 aliphatic heterocycles. The van der Waals surface area contributed by atoms with Crippen LogP contribution in [0.4, 0.5) is 0 Å². The van der Waals surface area contributed by atoms with Crippen molar-refractivity contribution in [3.8, 4) is 0 Å². The average molecular weight is 198 g/mol. The van der Waals surface area contributed by atoms with Crippen molar-refractivity contribution in [2.45, 2.75) is 46.1 Å². The second-order valence-electron chi connectivity index (χ2n) is 4.86. The van der Waals surface area contributed by atoms with Gasteiger partial charge in [-0.05, 0) is 45.3 Å². The van der Waals surface area contributed by atoms with Crippen molar-refractivity contribution >= 4 is 0 Å². The third-order valence-corrected chi connectivity index (χ3v) is 3.09. The molecule has 2 atom stereocenters. The van der Waals surface area contributed by atoms with Crippen LogP contribution < -0.4 is 5.32 Å². The predicted molar refractivity (Wildman–Crippen MR) is 62.6 cm³/mol. The molecule has 0 spiro atoms. The van der Waals surface area contributed by atoms with Gasteiger partial charge in [-0.1, -0.05) is 20.3 Å². The van der Waals surface area contributed by atoms with Gasteiger partial charge in [0.2, 0.25) is 0 Å². The van der Waals surface area contributed by atoms with Crippen molar-refractivity contribution < 1.29 is 0 Å². The molecule has 2 unspecified atom stereocenters. The normalized spacial score (nSPS) is 31.1. The summed E-state index contributed by atoms with van der Waals surface area (Å²) in [7, 11) is 0. The molecular weight excluding hydrogens is 172 g/mol. The summed E-state index contributed by atoms with van der Waals surface area (Å²) in [5.74, 6) is 0.801. The minimum absolute atomic E-state index is 0.696. The number of nitrogens with zero attached hydrogens (tertiary/aromatic N) is 1. The topological polar surface area (TPSA) is 15.3 Å². The van der Waals surface area contributed by atoms with Crippen LogP contribution in [-0.2, 0) is 0 Å². The molecule has 84 valence electrons. The summed E-state index contributed by atoms with van der Waals surface area (Å²) < 4.78 is 0. The second-order valence-corrected chi connectivity index (χ2v) is 4.86. The number of rotatable bonds is 3. The Bertz CT molecular complexity index is 147. The van der Waals surface area contributed by atoms with E-state index >= 15 is 0 Å². The van der Waals surface area contributed by atoms with E-state index in [0.717, 1.165) is 5.92 Å². The standard InChI is InChI=1S/C12H26N2/c1-4-5-7-14-8-6-12(3)13-9-11(2)10-14/h11-13H,4-10H2,1-3H3. The maximum Gasteiger partial charge on any atom is 0.00510 e. The molecule has 1 aliphatic rings. The van der Waals surface area contributed by atoms with Crippen LogP contribution in [0.15, 0.2) is 0 Å². The summed E-state index contributed by atoms with van der Waals surface area (Å²) in [6.45, 7) is 12.0. The SMILES string of the molecule is CCCCN1CCC(C)NCC(C)C1. The number of nitrogens with one attached hydrogen (secondary N) is 1. The van der Waals surface area contributed by atoms with E-state index < -0.39 is 0 Å². The molecular formula is C12H26N2. The van der Waals surface area contributed by atoms with Gasteiger partial charge in [0.1, 0.15) is 0 Å². The lowest BCUT2D eigenvalue weighted by Gasteiger charge is -2.31. The molecule has 0 aliphatic carbocycles. The quantitative estimate of drug-likeness (QED) is 0.747. The molecule has 0 bridgehead atoms. The van der Waals surface area contributed by atoms with Crippen molar-refractivity contribution in [1.29, 1.82) is 0 Å². The van der Waals surface area contributed by atoms with Crippen LogP contribution >= 0.6 is 0 Å². The molecule has 0 aromatic carbocycles. The first-order valence-electron chi connectivity index (χ1n) is 6.18. The van der Waals surface area contributed by atoms with Crippen molar-refractivity contribution in [2.75, 3.05) is 26.2 Å². The summed E-state index contributed by atoms with van der Waals surface area (Å²) in [5, 5.41) is 3.58. The maximum atomic E-state index is 3.58. The molecule has 1 saturated heterocycles. The van der Waals surface area contributed by atoms with Crippen LogP contribution in [0.3, 0.4) is 0 Å². The Morgan fingerprint density at radius 3 is 2.86 bits per heavy atom. The van der Waals surface area contributed by atoms with Gasteiger partial charge < -0.3 is 10.2 Å². The van der Waals surface area contributed by atoms with Gasteiger partial charge >= 0.3 is 0 Å². The third kappa shape index (κ3) is 4.43. The molecule has 0 amide bonds. The van der Waals surface area contributed by atoms with Gasteiger partial charge in [-0.2, -0.15) is 0 Å². The molecule has 14 heavy (non-hydrogen) atoms. The lowest BCUT2D eigenvalue weighted by atomic mass is 10.1. The predicted octanol–water partition coefficient (Wildman–Crippen LogP) is 2.11. The third-order valence-electron chi connectivity index (χ3n) is 3.09. The van der Waals surface area contributed by atoms with Gasteiger partial charge in [0.05, 0.1) is 0 Å². The second kappa shape index (κ2) is 6.41. The molecule has 1 rings (SSSR count). The Hall–Kier alpha value is -0.0800. The van der Waals surface area contributed by atoms with E-state index in [1.165, 1.54) is 45.4 Å². The minimum Gasteiger partial charge on any atom is -0.314 e. The van der Waals surface area contributed by atoms with Gasteiger partial charge in [0.25, 0.3) is 0 Å². The van der Waals surface area contributed by atoms with E-state index in [0.29, 0.717) is 6.04 Å². The van der Waals surface area contributed by atoms with E-state index in [1.807, 2.05) is 0 Å². The van der Waals surface area contributed by atoms with E-state index in [9.17, 15) is 0 Å². The fourth-order valence-corrected chi connectivity index (χ4v) is 2.06. The average Bonchev–Trinajstić information content (AvgIpc) is 2.16. The Kier molecular flexibility index (Phi) is 5.49.